The van der Waals surface area contributed by atoms with Gasteiger partial charge in [0, 0.05) is 29.5 Å². The predicted molar refractivity (Wildman–Crippen MR) is 84.9 cm³/mol. The second kappa shape index (κ2) is 7.41. The Morgan fingerprint density at radius 3 is 2.70 bits per heavy atom. The summed E-state index contributed by atoms with van der Waals surface area (Å²) in [4.78, 5) is 4.15. The van der Waals surface area contributed by atoms with E-state index in [4.69, 9.17) is 4.74 Å². The van der Waals surface area contributed by atoms with Gasteiger partial charge < -0.3 is 10.1 Å². The maximum atomic E-state index is 5.75. The third-order valence-electron chi connectivity index (χ3n) is 2.94. The summed E-state index contributed by atoms with van der Waals surface area (Å²) >= 11 is 3.42. The molecular weight excluding hydrogens is 316 g/mol. The van der Waals surface area contributed by atoms with Crippen molar-refractivity contribution in [3.63, 3.8) is 0 Å². The van der Waals surface area contributed by atoms with Crippen LogP contribution < -0.4 is 10.1 Å². The van der Waals surface area contributed by atoms with Crippen molar-refractivity contribution in [2.24, 2.45) is 0 Å². The van der Waals surface area contributed by atoms with Gasteiger partial charge in [-0.25, -0.2) is 0 Å². The maximum Gasteiger partial charge on any atom is 0.119 e. The number of aromatic nitrogens is 1. The Bertz CT molecular complexity index is 542. The summed E-state index contributed by atoms with van der Waals surface area (Å²) in [6.07, 6.45) is 3.65. The number of aryl methyl sites for hydroxylation is 1. The minimum absolute atomic E-state index is 0.273. The van der Waals surface area contributed by atoms with Gasteiger partial charge in [0.05, 0.1) is 0 Å². The van der Waals surface area contributed by atoms with Crippen LogP contribution in [0.2, 0.25) is 0 Å². The highest BCUT2D eigenvalue weighted by Gasteiger charge is 2.03. The summed E-state index contributed by atoms with van der Waals surface area (Å²) in [5.74, 6) is 0.911. The number of hydrogen-bond donors (Lipinski definition) is 1. The molecular formula is C16H19BrN2O. The Kier molecular flexibility index (Phi) is 5.56. The first kappa shape index (κ1) is 15.0. The van der Waals surface area contributed by atoms with Crippen LogP contribution in [-0.4, -0.2) is 17.6 Å². The molecule has 0 amide bonds. The first-order valence-corrected chi connectivity index (χ1v) is 7.45. The van der Waals surface area contributed by atoms with Crippen LogP contribution in [0, 0.1) is 6.92 Å². The normalized spacial score (nSPS) is 12.2. The number of rotatable bonds is 6. The molecule has 0 aliphatic heterocycles. The number of halogens is 1. The summed E-state index contributed by atoms with van der Waals surface area (Å²) in [5.41, 5.74) is 2.40. The molecule has 2 rings (SSSR count). The molecule has 0 saturated heterocycles. The van der Waals surface area contributed by atoms with Crippen LogP contribution in [0.1, 0.15) is 18.1 Å². The van der Waals surface area contributed by atoms with E-state index in [1.165, 1.54) is 5.56 Å². The zero-order valence-electron chi connectivity index (χ0n) is 11.8. The molecule has 0 aliphatic carbocycles. The highest BCUT2D eigenvalue weighted by atomic mass is 79.9. The minimum atomic E-state index is 0.273. The summed E-state index contributed by atoms with van der Waals surface area (Å²) in [6, 6.07) is 10.4. The van der Waals surface area contributed by atoms with Gasteiger partial charge in [0.15, 0.2) is 0 Å². The molecule has 1 aromatic heterocycles. The third-order valence-corrected chi connectivity index (χ3v) is 3.37. The van der Waals surface area contributed by atoms with Crippen LogP contribution in [0.15, 0.2) is 47.2 Å². The van der Waals surface area contributed by atoms with Crippen molar-refractivity contribution in [2.45, 2.75) is 26.4 Å². The molecule has 3 nitrogen and oxygen atoms in total. The molecule has 0 saturated carbocycles. The quantitative estimate of drug-likeness (QED) is 0.874. The molecule has 0 aliphatic rings. The molecule has 1 N–H and O–H groups in total. The SMILES string of the molecule is Cc1ccc(OCC(C)NCc2cncc(Br)c2)cc1. The standard InChI is InChI=1S/C16H19BrN2O/c1-12-3-5-16(6-4-12)20-11-13(2)19-9-14-7-15(17)10-18-8-14/h3-8,10,13,19H,9,11H2,1-2H3. The van der Waals surface area contributed by atoms with Crippen LogP contribution in [0.4, 0.5) is 0 Å². The van der Waals surface area contributed by atoms with Crippen LogP contribution in [0.3, 0.4) is 0 Å². The molecule has 0 fully saturated rings. The third kappa shape index (κ3) is 4.94. The van der Waals surface area contributed by atoms with Crippen LogP contribution >= 0.6 is 15.9 Å². The minimum Gasteiger partial charge on any atom is -0.492 e. The van der Waals surface area contributed by atoms with E-state index in [0.717, 1.165) is 22.3 Å². The molecule has 106 valence electrons. The number of nitrogens with zero attached hydrogens (tertiary/aromatic N) is 1. The van der Waals surface area contributed by atoms with Crippen LogP contribution in [-0.2, 0) is 6.54 Å². The topological polar surface area (TPSA) is 34.1 Å². The monoisotopic (exact) mass is 334 g/mol. The number of benzene rings is 1. The number of hydrogen-bond acceptors (Lipinski definition) is 3. The Hall–Kier alpha value is -1.39. The molecule has 0 bridgehead atoms. The van der Waals surface area contributed by atoms with E-state index in [9.17, 15) is 0 Å². The first-order valence-electron chi connectivity index (χ1n) is 6.66. The van der Waals surface area contributed by atoms with Gasteiger partial charge in [0.1, 0.15) is 12.4 Å². The summed E-state index contributed by atoms with van der Waals surface area (Å²) < 4.78 is 6.75. The Morgan fingerprint density at radius 1 is 1.25 bits per heavy atom. The molecule has 0 spiro atoms. The van der Waals surface area contributed by atoms with Gasteiger partial charge in [-0.2, -0.15) is 0 Å². The Balaban J connectivity index is 1.75. The van der Waals surface area contributed by atoms with E-state index in [1.807, 2.05) is 18.3 Å². The van der Waals surface area contributed by atoms with Crippen LogP contribution in [0.5, 0.6) is 5.75 Å². The lowest BCUT2D eigenvalue weighted by atomic mass is 10.2. The van der Waals surface area contributed by atoms with Crippen molar-refractivity contribution < 1.29 is 4.74 Å². The molecule has 20 heavy (non-hydrogen) atoms. The van der Waals surface area contributed by atoms with Crippen molar-refractivity contribution in [1.82, 2.24) is 10.3 Å². The van der Waals surface area contributed by atoms with Gasteiger partial charge in [-0.05, 0) is 53.5 Å². The molecule has 2 aromatic rings. The summed E-state index contributed by atoms with van der Waals surface area (Å²) in [5, 5.41) is 3.42. The molecule has 1 heterocycles. The van der Waals surface area contributed by atoms with E-state index in [0.29, 0.717) is 6.61 Å². The Labute approximate surface area is 128 Å². The fourth-order valence-electron chi connectivity index (χ4n) is 1.76. The highest BCUT2D eigenvalue weighted by Crippen LogP contribution is 2.12. The Morgan fingerprint density at radius 2 is 2.00 bits per heavy atom. The molecule has 1 aromatic carbocycles. The van der Waals surface area contributed by atoms with E-state index in [1.54, 1.807) is 6.20 Å². The first-order chi connectivity index (χ1) is 9.63. The lowest BCUT2D eigenvalue weighted by Gasteiger charge is -2.15. The average Bonchev–Trinajstić information content (AvgIpc) is 2.45. The molecule has 4 heteroatoms. The number of nitrogens with one attached hydrogen (secondary N) is 1. The zero-order chi connectivity index (χ0) is 14.4. The second-order valence-corrected chi connectivity index (χ2v) is 5.83. The molecule has 0 radical (unpaired) electrons. The van der Waals surface area contributed by atoms with E-state index < -0.39 is 0 Å². The second-order valence-electron chi connectivity index (χ2n) is 4.92. The van der Waals surface area contributed by atoms with Crippen molar-refractivity contribution in [3.8, 4) is 5.75 Å². The maximum absolute atomic E-state index is 5.75. The fraction of sp³-hybridized carbons (Fsp3) is 0.312. The number of pyridine rings is 1. The lowest BCUT2D eigenvalue weighted by molar-refractivity contribution is 0.272. The van der Waals surface area contributed by atoms with Crippen molar-refractivity contribution in [3.05, 3.63) is 58.3 Å². The van der Waals surface area contributed by atoms with E-state index >= 15 is 0 Å². The van der Waals surface area contributed by atoms with Gasteiger partial charge in [0.25, 0.3) is 0 Å². The van der Waals surface area contributed by atoms with Gasteiger partial charge in [0.2, 0.25) is 0 Å². The molecule has 1 atom stereocenters. The van der Waals surface area contributed by atoms with E-state index in [-0.39, 0.29) is 6.04 Å². The molecule has 1 unspecified atom stereocenters. The summed E-state index contributed by atoms with van der Waals surface area (Å²) in [6.45, 7) is 5.61. The summed E-state index contributed by atoms with van der Waals surface area (Å²) in [7, 11) is 0. The zero-order valence-corrected chi connectivity index (χ0v) is 13.4. The van der Waals surface area contributed by atoms with E-state index in [2.05, 4.69) is 58.3 Å². The fourth-order valence-corrected chi connectivity index (χ4v) is 2.17. The van der Waals surface area contributed by atoms with Crippen molar-refractivity contribution in [2.75, 3.05) is 6.61 Å². The highest BCUT2D eigenvalue weighted by molar-refractivity contribution is 9.10. The van der Waals surface area contributed by atoms with Gasteiger partial charge in [-0.1, -0.05) is 17.7 Å². The van der Waals surface area contributed by atoms with Gasteiger partial charge in [-0.3, -0.25) is 4.98 Å². The average molecular weight is 335 g/mol. The smallest absolute Gasteiger partial charge is 0.119 e. The van der Waals surface area contributed by atoms with Crippen molar-refractivity contribution in [1.29, 1.82) is 0 Å². The predicted octanol–water partition coefficient (Wildman–Crippen LogP) is 3.71. The van der Waals surface area contributed by atoms with Gasteiger partial charge in [-0.15, -0.1) is 0 Å². The van der Waals surface area contributed by atoms with Gasteiger partial charge >= 0.3 is 0 Å². The lowest BCUT2D eigenvalue weighted by Crippen LogP contribution is -2.31. The largest absolute Gasteiger partial charge is 0.492 e. The number of ether oxygens (including phenoxy) is 1. The van der Waals surface area contributed by atoms with Crippen molar-refractivity contribution >= 4 is 15.9 Å². The van der Waals surface area contributed by atoms with Crippen LogP contribution in [0.25, 0.3) is 0 Å².